The molecule has 0 aliphatic heterocycles. The monoisotopic (exact) mass is 611 g/mol. The quantitative estimate of drug-likeness (QED) is 0.144. The highest BCUT2D eigenvalue weighted by Gasteiger charge is 2.26. The van der Waals surface area contributed by atoms with Crippen LogP contribution in [-0.2, 0) is 16.3 Å². The summed E-state index contributed by atoms with van der Waals surface area (Å²) in [6.45, 7) is 1.55. The number of hydrogen-bond acceptors (Lipinski definition) is 4. The normalized spacial score (nSPS) is 14.3. The number of phenolic OH excluding ortho intramolecular Hbond substituents is 1. The minimum atomic E-state index is -4.18. The van der Waals surface area contributed by atoms with Crippen molar-refractivity contribution in [2.75, 3.05) is 31.6 Å². The number of allylic oxidation sites excluding steroid dienone is 2. The fourth-order valence-electron chi connectivity index (χ4n) is 5.74. The number of benzene rings is 2. The summed E-state index contributed by atoms with van der Waals surface area (Å²) in [6.07, 6.45) is 3.87. The van der Waals surface area contributed by atoms with Crippen molar-refractivity contribution in [3.05, 3.63) is 65.0 Å². The summed E-state index contributed by atoms with van der Waals surface area (Å²) in [5, 5.41) is 10.0. The maximum atomic E-state index is 13.6. The molecule has 3 rings (SSSR count). The lowest BCUT2D eigenvalue weighted by molar-refractivity contribution is -0.135. The lowest BCUT2D eigenvalue weighted by atomic mass is 9.89. The van der Waals surface area contributed by atoms with Crippen LogP contribution < -0.4 is 0 Å². The Bertz CT molecular complexity index is 1260. The van der Waals surface area contributed by atoms with E-state index in [2.05, 4.69) is 4.90 Å². The summed E-state index contributed by atoms with van der Waals surface area (Å²) < 4.78 is 74.6. The molecule has 42 heavy (non-hydrogen) atoms. The number of phenols is 1. The van der Waals surface area contributed by atoms with Crippen molar-refractivity contribution in [1.29, 1.82) is 0 Å². The first kappa shape index (κ1) is 34.1. The number of fused-ring (bicyclic) bond motifs is 1. The van der Waals surface area contributed by atoms with E-state index in [1.54, 1.807) is 6.07 Å². The van der Waals surface area contributed by atoms with Crippen LogP contribution in [0.2, 0.25) is 0 Å². The summed E-state index contributed by atoms with van der Waals surface area (Å²) in [5.41, 5.74) is 5.94. The summed E-state index contributed by atoms with van der Waals surface area (Å²) in [5.74, 6) is 0.0607. The topological polar surface area (TPSA) is 57.6 Å². The van der Waals surface area contributed by atoms with Crippen LogP contribution in [0.5, 0.6) is 5.75 Å². The van der Waals surface area contributed by atoms with E-state index in [1.807, 2.05) is 31.3 Å². The van der Waals surface area contributed by atoms with Crippen molar-refractivity contribution in [3.8, 4) is 5.75 Å². The van der Waals surface area contributed by atoms with Crippen molar-refractivity contribution < 1.29 is 31.1 Å². The average Bonchev–Trinajstić information content (AvgIpc) is 3.09. The van der Waals surface area contributed by atoms with Crippen LogP contribution in [0.15, 0.2) is 42.5 Å². The maximum Gasteiger partial charge on any atom is 0.389 e. The molecule has 0 radical (unpaired) electrons. The minimum Gasteiger partial charge on any atom is -0.508 e. The number of hydrogen-bond donors (Lipinski definition) is 1. The lowest BCUT2D eigenvalue weighted by Gasteiger charge is -2.17. The molecule has 0 saturated heterocycles. The third kappa shape index (κ3) is 12.1. The molecule has 0 aromatic heterocycles. The van der Waals surface area contributed by atoms with Crippen molar-refractivity contribution in [3.63, 3.8) is 0 Å². The average molecular weight is 612 g/mol. The zero-order valence-corrected chi connectivity index (χ0v) is 25.5. The van der Waals surface area contributed by atoms with Crippen molar-refractivity contribution >= 4 is 21.0 Å². The molecule has 4 nitrogen and oxygen atoms in total. The smallest absolute Gasteiger partial charge is 0.389 e. The molecule has 1 aliphatic rings. The molecule has 0 unspecified atom stereocenters. The number of nitrogens with zero attached hydrogens (tertiary/aromatic N) is 1. The second-order valence-corrected chi connectivity index (χ2v) is 13.9. The molecule has 9 heteroatoms. The minimum absolute atomic E-state index is 0.0212. The van der Waals surface area contributed by atoms with Gasteiger partial charge in [0.15, 0.2) is 0 Å². The van der Waals surface area contributed by atoms with Gasteiger partial charge in [0.05, 0.1) is 11.5 Å². The first-order valence-corrected chi connectivity index (χ1v) is 17.0. The van der Waals surface area contributed by atoms with Crippen molar-refractivity contribution in [2.45, 2.75) is 89.6 Å². The van der Waals surface area contributed by atoms with Crippen molar-refractivity contribution in [1.82, 2.24) is 4.90 Å². The lowest BCUT2D eigenvalue weighted by Crippen LogP contribution is -2.23. The Morgan fingerprint density at radius 1 is 0.833 bits per heavy atom. The van der Waals surface area contributed by atoms with Crippen LogP contribution in [-0.4, -0.2) is 56.2 Å². The molecular formula is C33H45F4NO3S. The van der Waals surface area contributed by atoms with E-state index in [0.29, 0.717) is 13.0 Å². The van der Waals surface area contributed by atoms with Crippen LogP contribution >= 0.6 is 0 Å². The summed E-state index contributed by atoms with van der Waals surface area (Å²) in [6, 6.07) is 12.4. The number of alkyl halides is 3. The second-order valence-electron chi connectivity index (χ2n) is 11.6. The van der Waals surface area contributed by atoms with E-state index in [0.717, 1.165) is 69.0 Å². The molecule has 0 amide bonds. The summed E-state index contributed by atoms with van der Waals surface area (Å²) in [7, 11) is -1.25. The van der Waals surface area contributed by atoms with E-state index >= 15 is 0 Å². The van der Waals surface area contributed by atoms with Gasteiger partial charge in [-0.1, -0.05) is 37.5 Å². The van der Waals surface area contributed by atoms with Gasteiger partial charge in [-0.25, -0.2) is 12.8 Å². The molecule has 0 heterocycles. The van der Waals surface area contributed by atoms with Gasteiger partial charge in [0.1, 0.15) is 21.4 Å². The number of halogens is 4. The highest BCUT2D eigenvalue weighted by Crippen LogP contribution is 2.39. The number of aromatic hydroxyl groups is 1. The Balaban J connectivity index is 1.40. The van der Waals surface area contributed by atoms with Gasteiger partial charge in [-0.2, -0.15) is 13.2 Å². The molecule has 1 aliphatic carbocycles. The van der Waals surface area contributed by atoms with Gasteiger partial charge in [0.25, 0.3) is 0 Å². The first-order valence-electron chi connectivity index (χ1n) is 15.2. The Morgan fingerprint density at radius 3 is 2.24 bits per heavy atom. The Labute approximate surface area is 248 Å². The molecule has 1 N–H and O–H groups in total. The second kappa shape index (κ2) is 16.5. The van der Waals surface area contributed by atoms with Gasteiger partial charge < -0.3 is 10.0 Å². The molecule has 0 saturated carbocycles. The van der Waals surface area contributed by atoms with E-state index in [9.17, 15) is 31.1 Å². The molecule has 2 aromatic carbocycles. The Hall–Kier alpha value is -2.39. The van der Waals surface area contributed by atoms with E-state index < -0.39 is 22.4 Å². The fourth-order valence-corrected chi connectivity index (χ4v) is 7.15. The van der Waals surface area contributed by atoms with Crippen LogP contribution in [0.25, 0.3) is 11.1 Å². The molecule has 0 atom stereocenters. The first-order chi connectivity index (χ1) is 19.9. The molecule has 0 fully saturated rings. The van der Waals surface area contributed by atoms with Crippen LogP contribution in [0.1, 0.15) is 93.7 Å². The van der Waals surface area contributed by atoms with Crippen LogP contribution in [0, 0.1) is 5.82 Å². The third-order valence-corrected chi connectivity index (χ3v) is 9.79. The third-order valence-electron chi connectivity index (χ3n) is 7.97. The molecule has 0 spiro atoms. The SMILES string of the molecule is CN(CCCCCCC1=C(c2ccc(F)cc2)CCCc2cc(O)ccc21)CCCS(=O)(=O)CCCCCC(F)(F)F. The number of unbranched alkanes of at least 4 members (excludes halogenated alkanes) is 5. The van der Waals surface area contributed by atoms with Gasteiger partial charge >= 0.3 is 6.18 Å². The summed E-state index contributed by atoms with van der Waals surface area (Å²) >= 11 is 0. The van der Waals surface area contributed by atoms with Crippen LogP contribution in [0.3, 0.4) is 0 Å². The van der Waals surface area contributed by atoms with Gasteiger partial charge in [-0.05, 0) is 130 Å². The summed E-state index contributed by atoms with van der Waals surface area (Å²) in [4.78, 5) is 2.14. The predicted octanol–water partition coefficient (Wildman–Crippen LogP) is 8.59. The predicted molar refractivity (Wildman–Crippen MR) is 163 cm³/mol. The van der Waals surface area contributed by atoms with Gasteiger partial charge in [0, 0.05) is 6.42 Å². The van der Waals surface area contributed by atoms with E-state index in [1.165, 1.54) is 28.8 Å². The van der Waals surface area contributed by atoms with E-state index in [4.69, 9.17) is 0 Å². The highest BCUT2D eigenvalue weighted by atomic mass is 32.2. The van der Waals surface area contributed by atoms with E-state index in [-0.39, 0.29) is 42.3 Å². The van der Waals surface area contributed by atoms with Gasteiger partial charge in [-0.3, -0.25) is 0 Å². The molecule has 2 aromatic rings. The zero-order valence-electron chi connectivity index (χ0n) is 24.7. The van der Waals surface area contributed by atoms with Gasteiger partial charge in [0.2, 0.25) is 0 Å². The largest absolute Gasteiger partial charge is 0.508 e. The molecular weight excluding hydrogens is 566 g/mol. The molecule has 0 bridgehead atoms. The van der Waals surface area contributed by atoms with Crippen molar-refractivity contribution in [2.24, 2.45) is 0 Å². The number of aryl methyl sites for hydroxylation is 1. The Morgan fingerprint density at radius 2 is 1.50 bits per heavy atom. The highest BCUT2D eigenvalue weighted by molar-refractivity contribution is 7.91. The van der Waals surface area contributed by atoms with Crippen LogP contribution in [0.4, 0.5) is 17.6 Å². The fraction of sp³-hybridized carbons (Fsp3) is 0.576. The number of sulfone groups is 1. The Kier molecular flexibility index (Phi) is 13.4. The maximum absolute atomic E-state index is 13.6. The van der Waals surface area contributed by atoms with Gasteiger partial charge in [-0.15, -0.1) is 0 Å². The molecule has 234 valence electrons. The zero-order chi connectivity index (χ0) is 30.6. The number of rotatable bonds is 17. The standard InChI is InChI=1S/C33H45F4NO3S/c1-38(22-10-24-42(40,41)23-8-4-6-20-33(35,36)37)21-7-3-2-5-12-32-30(26-14-16-28(34)17-15-26)13-9-11-27-25-29(39)18-19-31(27)32/h14-19,25,39H,2-13,20-24H2,1H3.